The summed E-state index contributed by atoms with van der Waals surface area (Å²) in [5.41, 5.74) is 1.84. The zero-order valence-electron chi connectivity index (χ0n) is 14.5. The van der Waals surface area contributed by atoms with Crippen molar-refractivity contribution in [2.75, 3.05) is 11.9 Å². The molecule has 27 heavy (non-hydrogen) atoms. The third-order valence-electron chi connectivity index (χ3n) is 3.76. The van der Waals surface area contributed by atoms with E-state index in [0.717, 1.165) is 0 Å². The molecule has 2 heterocycles. The first kappa shape index (κ1) is 18.2. The number of pyridine rings is 1. The molecule has 9 heteroatoms. The molecule has 0 atom stereocenters. The molecular formula is C18H17FN6O2. The van der Waals surface area contributed by atoms with Crippen LogP contribution in [0.25, 0.3) is 5.69 Å². The van der Waals surface area contributed by atoms with Crippen LogP contribution in [0.15, 0.2) is 48.8 Å². The number of aromatic nitrogens is 4. The molecule has 0 saturated carbocycles. The van der Waals surface area contributed by atoms with E-state index in [1.54, 1.807) is 37.4 Å². The number of hydrogen-bond donors (Lipinski definition) is 2. The molecule has 0 saturated heterocycles. The van der Waals surface area contributed by atoms with Gasteiger partial charge in [0, 0.05) is 19.2 Å². The highest BCUT2D eigenvalue weighted by Crippen LogP contribution is 2.13. The quantitative estimate of drug-likeness (QED) is 0.692. The second-order valence-corrected chi connectivity index (χ2v) is 5.71. The van der Waals surface area contributed by atoms with Crippen molar-refractivity contribution < 1.29 is 14.0 Å². The first-order valence-electron chi connectivity index (χ1n) is 8.21. The first-order valence-corrected chi connectivity index (χ1v) is 8.21. The molecular weight excluding hydrogens is 351 g/mol. The molecule has 2 N–H and O–H groups in total. The molecule has 138 valence electrons. The van der Waals surface area contributed by atoms with E-state index in [-0.39, 0.29) is 30.4 Å². The lowest BCUT2D eigenvalue weighted by atomic mass is 10.2. The van der Waals surface area contributed by atoms with E-state index in [1.165, 1.54) is 23.0 Å². The summed E-state index contributed by atoms with van der Waals surface area (Å²) < 4.78 is 14.5. The van der Waals surface area contributed by atoms with Gasteiger partial charge in [0.05, 0.1) is 23.3 Å². The Labute approximate surface area is 154 Å². The van der Waals surface area contributed by atoms with Crippen LogP contribution in [0.5, 0.6) is 0 Å². The maximum atomic E-state index is 13.0. The molecule has 0 spiro atoms. The zero-order chi connectivity index (χ0) is 19.2. The van der Waals surface area contributed by atoms with Gasteiger partial charge in [0.25, 0.3) is 5.91 Å². The molecule has 0 aliphatic rings. The largest absolute Gasteiger partial charge is 0.350 e. The van der Waals surface area contributed by atoms with Crippen molar-refractivity contribution in [2.45, 2.75) is 13.3 Å². The number of benzene rings is 1. The summed E-state index contributed by atoms with van der Waals surface area (Å²) in [6, 6.07) is 9.13. The van der Waals surface area contributed by atoms with Crippen LogP contribution in [-0.2, 0) is 4.79 Å². The molecule has 0 fully saturated rings. The van der Waals surface area contributed by atoms with Gasteiger partial charge in [-0.15, -0.1) is 5.10 Å². The first-order chi connectivity index (χ1) is 13.0. The van der Waals surface area contributed by atoms with Crippen molar-refractivity contribution in [3.63, 3.8) is 0 Å². The molecule has 2 amide bonds. The molecule has 3 rings (SSSR count). The van der Waals surface area contributed by atoms with Gasteiger partial charge in [-0.3, -0.25) is 14.6 Å². The molecule has 3 aromatic rings. The van der Waals surface area contributed by atoms with Crippen molar-refractivity contribution in [1.82, 2.24) is 25.3 Å². The van der Waals surface area contributed by atoms with Crippen LogP contribution in [0, 0.1) is 12.7 Å². The monoisotopic (exact) mass is 368 g/mol. The molecule has 0 aliphatic heterocycles. The van der Waals surface area contributed by atoms with Crippen LogP contribution in [0.2, 0.25) is 0 Å². The van der Waals surface area contributed by atoms with E-state index in [9.17, 15) is 14.0 Å². The minimum atomic E-state index is -0.435. The van der Waals surface area contributed by atoms with Crippen molar-refractivity contribution in [3.05, 3.63) is 66.0 Å². The molecule has 0 bridgehead atoms. The average Bonchev–Trinajstić information content (AvgIpc) is 3.04. The number of carbonyl (C=O) groups is 2. The number of hydrogen-bond acceptors (Lipinski definition) is 5. The average molecular weight is 368 g/mol. The minimum absolute atomic E-state index is 0.103. The SMILES string of the molecule is Cc1c(C(=O)NCCC(=O)Nc2cccnc2)nnn1-c1ccc(F)cc1. The van der Waals surface area contributed by atoms with Gasteiger partial charge in [0.2, 0.25) is 5.91 Å². The van der Waals surface area contributed by atoms with E-state index in [2.05, 4.69) is 25.9 Å². The molecule has 1 aromatic carbocycles. The standard InChI is InChI=1S/C18H17FN6O2/c1-12-17(23-24-25(12)15-6-4-13(19)5-7-15)18(27)21-10-8-16(26)22-14-3-2-9-20-11-14/h2-7,9,11H,8,10H2,1H3,(H,21,27)(H,22,26). The number of amides is 2. The Morgan fingerprint density at radius 3 is 2.67 bits per heavy atom. The van der Waals surface area contributed by atoms with Gasteiger partial charge in [-0.05, 0) is 43.3 Å². The van der Waals surface area contributed by atoms with Crippen LogP contribution in [0.4, 0.5) is 10.1 Å². The molecule has 0 radical (unpaired) electrons. The summed E-state index contributed by atoms with van der Waals surface area (Å²) in [5.74, 6) is -1.04. The Hall–Kier alpha value is -3.62. The lowest BCUT2D eigenvalue weighted by Gasteiger charge is -2.06. The topological polar surface area (TPSA) is 102 Å². The summed E-state index contributed by atoms with van der Waals surface area (Å²) in [6.45, 7) is 1.83. The lowest BCUT2D eigenvalue weighted by Crippen LogP contribution is -2.28. The van der Waals surface area contributed by atoms with Gasteiger partial charge in [-0.25, -0.2) is 9.07 Å². The summed E-state index contributed by atoms with van der Waals surface area (Å²) >= 11 is 0. The predicted molar refractivity (Wildman–Crippen MR) is 95.9 cm³/mol. The van der Waals surface area contributed by atoms with Gasteiger partial charge in [0.1, 0.15) is 5.82 Å². The highest BCUT2D eigenvalue weighted by molar-refractivity contribution is 5.94. The van der Waals surface area contributed by atoms with Gasteiger partial charge >= 0.3 is 0 Å². The van der Waals surface area contributed by atoms with Crippen molar-refractivity contribution in [1.29, 1.82) is 0 Å². The Morgan fingerprint density at radius 1 is 1.19 bits per heavy atom. The predicted octanol–water partition coefficient (Wildman–Crippen LogP) is 1.87. The highest BCUT2D eigenvalue weighted by Gasteiger charge is 2.17. The lowest BCUT2D eigenvalue weighted by molar-refractivity contribution is -0.116. The van der Waals surface area contributed by atoms with E-state index >= 15 is 0 Å². The van der Waals surface area contributed by atoms with Crippen molar-refractivity contribution >= 4 is 17.5 Å². The summed E-state index contributed by atoms with van der Waals surface area (Å²) in [7, 11) is 0. The number of anilines is 1. The highest BCUT2D eigenvalue weighted by atomic mass is 19.1. The second-order valence-electron chi connectivity index (χ2n) is 5.71. The van der Waals surface area contributed by atoms with E-state index in [4.69, 9.17) is 0 Å². The molecule has 0 unspecified atom stereocenters. The zero-order valence-corrected chi connectivity index (χ0v) is 14.5. The number of nitrogens with one attached hydrogen (secondary N) is 2. The molecule has 0 aliphatic carbocycles. The van der Waals surface area contributed by atoms with Crippen molar-refractivity contribution in [2.24, 2.45) is 0 Å². The number of rotatable bonds is 6. The maximum Gasteiger partial charge on any atom is 0.273 e. The Balaban J connectivity index is 1.55. The van der Waals surface area contributed by atoms with Crippen LogP contribution in [-0.4, -0.2) is 38.3 Å². The Kier molecular flexibility index (Phi) is 5.50. The third kappa shape index (κ3) is 4.51. The van der Waals surface area contributed by atoms with Crippen LogP contribution >= 0.6 is 0 Å². The number of halogens is 1. The van der Waals surface area contributed by atoms with Crippen LogP contribution in [0.3, 0.4) is 0 Å². The smallest absolute Gasteiger partial charge is 0.273 e. The third-order valence-corrected chi connectivity index (χ3v) is 3.76. The van der Waals surface area contributed by atoms with Crippen molar-refractivity contribution in [3.8, 4) is 5.69 Å². The van der Waals surface area contributed by atoms with Crippen LogP contribution in [0.1, 0.15) is 22.6 Å². The van der Waals surface area contributed by atoms with Gasteiger partial charge in [0.15, 0.2) is 5.69 Å². The van der Waals surface area contributed by atoms with E-state index in [1.807, 2.05) is 0 Å². The van der Waals surface area contributed by atoms with Crippen LogP contribution < -0.4 is 10.6 Å². The van der Waals surface area contributed by atoms with Gasteiger partial charge in [-0.2, -0.15) is 0 Å². The summed E-state index contributed by atoms with van der Waals surface area (Å²) in [5, 5.41) is 13.1. The van der Waals surface area contributed by atoms with Gasteiger partial charge in [-0.1, -0.05) is 5.21 Å². The number of carbonyl (C=O) groups excluding carboxylic acids is 2. The Bertz CT molecular complexity index is 940. The number of nitrogens with zero attached hydrogens (tertiary/aromatic N) is 4. The van der Waals surface area contributed by atoms with E-state index in [0.29, 0.717) is 17.1 Å². The summed E-state index contributed by atoms with van der Waals surface area (Å²) in [6.07, 6.45) is 3.25. The normalized spacial score (nSPS) is 10.4. The second kappa shape index (κ2) is 8.17. The van der Waals surface area contributed by atoms with Gasteiger partial charge < -0.3 is 10.6 Å². The molecule has 2 aromatic heterocycles. The fraction of sp³-hybridized carbons (Fsp3) is 0.167. The fourth-order valence-electron chi connectivity index (χ4n) is 2.40. The maximum absolute atomic E-state index is 13.0. The van der Waals surface area contributed by atoms with E-state index < -0.39 is 5.91 Å². The fourth-order valence-corrected chi connectivity index (χ4v) is 2.40. The molecule has 8 nitrogen and oxygen atoms in total. The summed E-state index contributed by atoms with van der Waals surface area (Å²) in [4.78, 5) is 28.0. The minimum Gasteiger partial charge on any atom is -0.350 e. The Morgan fingerprint density at radius 2 is 1.96 bits per heavy atom.